The van der Waals surface area contributed by atoms with Crippen LogP contribution in [0, 0.1) is 18.7 Å². The van der Waals surface area contributed by atoms with Gasteiger partial charge in [-0.05, 0) is 55.5 Å². The molecule has 1 amide bonds. The van der Waals surface area contributed by atoms with Gasteiger partial charge >= 0.3 is 5.76 Å². The van der Waals surface area contributed by atoms with Crippen LogP contribution in [0.5, 0.6) is 0 Å². The van der Waals surface area contributed by atoms with Gasteiger partial charge in [0.2, 0.25) is 15.9 Å². The van der Waals surface area contributed by atoms with Crippen LogP contribution in [0.4, 0.5) is 10.1 Å². The lowest BCUT2D eigenvalue weighted by molar-refractivity contribution is -0.116. The standard InChI is InChI=1S/C22H24FN3O5S/c1-14-7-9-25(10-8-14)32(29,30)17-5-6-19-20(12-17)31-22(28)26(19)13-21(27)24-16-4-3-15(2)18(23)11-16/h3-6,11-12,14H,7-10,13H2,1-2H3,(H,24,27). The summed E-state index contributed by atoms with van der Waals surface area (Å²) < 4.78 is 47.4. The van der Waals surface area contributed by atoms with Gasteiger partial charge in [0.15, 0.2) is 5.58 Å². The second-order valence-corrected chi connectivity index (χ2v) is 10.1. The number of carbonyl (C=O) groups is 1. The second kappa shape index (κ2) is 8.51. The number of nitrogens with one attached hydrogen (secondary N) is 1. The number of carbonyl (C=O) groups excluding carboxylic acids is 1. The molecule has 1 aliphatic heterocycles. The molecule has 32 heavy (non-hydrogen) atoms. The summed E-state index contributed by atoms with van der Waals surface area (Å²) in [5, 5.41) is 2.54. The van der Waals surface area contributed by atoms with Crippen LogP contribution in [0.15, 0.2) is 50.5 Å². The number of rotatable bonds is 5. The zero-order valence-electron chi connectivity index (χ0n) is 17.8. The fourth-order valence-electron chi connectivity index (χ4n) is 3.75. The molecular formula is C22H24FN3O5S. The first-order chi connectivity index (χ1) is 15.1. The van der Waals surface area contributed by atoms with Crippen molar-refractivity contribution >= 4 is 32.7 Å². The van der Waals surface area contributed by atoms with Crippen LogP contribution >= 0.6 is 0 Å². The Morgan fingerprint density at radius 1 is 1.19 bits per heavy atom. The van der Waals surface area contributed by atoms with Crippen LogP contribution in [0.25, 0.3) is 11.1 Å². The highest BCUT2D eigenvalue weighted by Crippen LogP contribution is 2.26. The third-order valence-corrected chi connectivity index (χ3v) is 7.67. The summed E-state index contributed by atoms with van der Waals surface area (Å²) in [6.45, 7) is 4.24. The highest BCUT2D eigenvalue weighted by atomic mass is 32.2. The zero-order chi connectivity index (χ0) is 23.0. The van der Waals surface area contributed by atoms with E-state index < -0.39 is 27.5 Å². The van der Waals surface area contributed by atoms with E-state index in [-0.39, 0.29) is 22.7 Å². The summed E-state index contributed by atoms with van der Waals surface area (Å²) in [5.41, 5.74) is 1.09. The molecule has 170 valence electrons. The average Bonchev–Trinajstić information content (AvgIpc) is 3.05. The first-order valence-electron chi connectivity index (χ1n) is 10.3. The number of anilines is 1. The van der Waals surface area contributed by atoms with Crippen LogP contribution < -0.4 is 11.1 Å². The number of oxazole rings is 1. The second-order valence-electron chi connectivity index (χ2n) is 8.18. The van der Waals surface area contributed by atoms with Crippen LogP contribution in [0.1, 0.15) is 25.3 Å². The molecule has 1 aliphatic rings. The van der Waals surface area contributed by atoms with Crippen LogP contribution in [-0.2, 0) is 21.4 Å². The summed E-state index contributed by atoms with van der Waals surface area (Å²) in [6, 6.07) is 8.48. The van der Waals surface area contributed by atoms with Gasteiger partial charge in [-0.25, -0.2) is 17.6 Å². The smallest absolute Gasteiger partial charge is 0.408 e. The number of hydrogen-bond acceptors (Lipinski definition) is 5. The van der Waals surface area contributed by atoms with Crippen molar-refractivity contribution in [3.05, 3.63) is 58.3 Å². The van der Waals surface area contributed by atoms with Crippen LogP contribution in [0.3, 0.4) is 0 Å². The number of piperidine rings is 1. The number of sulfonamides is 1. The topological polar surface area (TPSA) is 102 Å². The number of hydrogen-bond donors (Lipinski definition) is 1. The van der Waals surface area contributed by atoms with E-state index >= 15 is 0 Å². The van der Waals surface area contributed by atoms with Crippen molar-refractivity contribution in [1.29, 1.82) is 0 Å². The SMILES string of the molecule is Cc1ccc(NC(=O)Cn2c(=O)oc3cc(S(=O)(=O)N4CCC(C)CC4)ccc32)cc1F. The first kappa shape index (κ1) is 22.2. The molecule has 0 bridgehead atoms. The van der Waals surface area contributed by atoms with Crippen LogP contribution in [0.2, 0.25) is 0 Å². The molecule has 10 heteroatoms. The van der Waals surface area contributed by atoms with E-state index in [1.807, 2.05) is 0 Å². The van der Waals surface area contributed by atoms with Crippen molar-refractivity contribution in [2.24, 2.45) is 5.92 Å². The van der Waals surface area contributed by atoms with E-state index in [9.17, 15) is 22.4 Å². The predicted octanol–water partition coefficient (Wildman–Crippen LogP) is 3.10. The quantitative estimate of drug-likeness (QED) is 0.629. The molecule has 2 heterocycles. The Balaban J connectivity index is 1.56. The number of nitrogens with zero attached hydrogens (tertiary/aromatic N) is 2. The van der Waals surface area contributed by atoms with Crippen molar-refractivity contribution in [2.75, 3.05) is 18.4 Å². The Kier molecular flexibility index (Phi) is 5.91. The third kappa shape index (κ3) is 4.33. The highest BCUT2D eigenvalue weighted by Gasteiger charge is 2.29. The molecule has 1 aromatic heterocycles. The number of benzene rings is 2. The zero-order valence-corrected chi connectivity index (χ0v) is 18.6. The molecule has 3 aromatic rings. The number of fused-ring (bicyclic) bond motifs is 1. The van der Waals surface area contributed by atoms with Crippen LogP contribution in [-0.4, -0.2) is 36.3 Å². The Morgan fingerprint density at radius 3 is 2.59 bits per heavy atom. The number of aromatic nitrogens is 1. The van der Waals surface area contributed by atoms with E-state index in [0.29, 0.717) is 30.1 Å². The minimum atomic E-state index is -3.70. The van der Waals surface area contributed by atoms with E-state index in [2.05, 4.69) is 12.2 Å². The van der Waals surface area contributed by atoms with Gasteiger partial charge in [-0.2, -0.15) is 4.31 Å². The van der Waals surface area contributed by atoms with Gasteiger partial charge in [0.05, 0.1) is 10.4 Å². The molecule has 1 saturated heterocycles. The molecule has 0 unspecified atom stereocenters. The summed E-state index contributed by atoms with van der Waals surface area (Å²) in [4.78, 5) is 24.8. The van der Waals surface area contributed by atoms with Crippen molar-refractivity contribution in [3.63, 3.8) is 0 Å². The van der Waals surface area contributed by atoms with E-state index in [0.717, 1.165) is 17.4 Å². The fourth-order valence-corrected chi connectivity index (χ4v) is 5.23. The van der Waals surface area contributed by atoms with Crippen molar-refractivity contribution in [2.45, 2.75) is 38.1 Å². The molecular weight excluding hydrogens is 437 g/mol. The summed E-state index contributed by atoms with van der Waals surface area (Å²) >= 11 is 0. The average molecular weight is 462 g/mol. The molecule has 0 aliphatic carbocycles. The van der Waals surface area contributed by atoms with E-state index in [1.165, 1.54) is 34.6 Å². The molecule has 0 radical (unpaired) electrons. The van der Waals surface area contributed by atoms with Crippen molar-refractivity contribution in [3.8, 4) is 0 Å². The van der Waals surface area contributed by atoms with Gasteiger partial charge in [0, 0.05) is 24.8 Å². The van der Waals surface area contributed by atoms with Crippen molar-refractivity contribution in [1.82, 2.24) is 8.87 Å². The lowest BCUT2D eigenvalue weighted by Crippen LogP contribution is -2.37. The first-order valence-corrected chi connectivity index (χ1v) is 11.8. The molecule has 0 atom stereocenters. The van der Waals surface area contributed by atoms with E-state index in [1.54, 1.807) is 13.0 Å². The molecule has 1 fully saturated rings. The van der Waals surface area contributed by atoms with Gasteiger partial charge in [-0.15, -0.1) is 0 Å². The predicted molar refractivity (Wildman–Crippen MR) is 117 cm³/mol. The number of amides is 1. The number of aryl methyl sites for hydroxylation is 1. The Labute approximate surface area is 184 Å². The summed E-state index contributed by atoms with van der Waals surface area (Å²) in [6.07, 6.45) is 1.60. The highest BCUT2D eigenvalue weighted by molar-refractivity contribution is 7.89. The lowest BCUT2D eigenvalue weighted by atomic mass is 10.0. The largest absolute Gasteiger partial charge is 0.420 e. The minimum absolute atomic E-state index is 0.0417. The minimum Gasteiger partial charge on any atom is -0.408 e. The van der Waals surface area contributed by atoms with Gasteiger partial charge in [-0.1, -0.05) is 13.0 Å². The number of halogens is 1. The maximum atomic E-state index is 13.7. The maximum absolute atomic E-state index is 13.7. The Morgan fingerprint density at radius 2 is 1.91 bits per heavy atom. The van der Waals surface area contributed by atoms with Gasteiger partial charge in [-0.3, -0.25) is 9.36 Å². The molecule has 4 rings (SSSR count). The van der Waals surface area contributed by atoms with Gasteiger partial charge in [0.1, 0.15) is 12.4 Å². The molecule has 1 N–H and O–H groups in total. The van der Waals surface area contributed by atoms with E-state index in [4.69, 9.17) is 4.42 Å². The lowest BCUT2D eigenvalue weighted by Gasteiger charge is -2.29. The van der Waals surface area contributed by atoms with Crippen molar-refractivity contribution < 1.29 is 22.0 Å². The Hall–Kier alpha value is -2.98. The third-order valence-electron chi connectivity index (χ3n) is 5.78. The normalized spacial score (nSPS) is 15.8. The molecule has 0 saturated carbocycles. The summed E-state index contributed by atoms with van der Waals surface area (Å²) in [5.74, 6) is -1.30. The van der Waals surface area contributed by atoms with Gasteiger partial charge in [0.25, 0.3) is 0 Å². The monoisotopic (exact) mass is 461 g/mol. The molecule has 0 spiro atoms. The maximum Gasteiger partial charge on any atom is 0.420 e. The molecule has 2 aromatic carbocycles. The fraction of sp³-hybridized carbons (Fsp3) is 0.364. The van der Waals surface area contributed by atoms with Gasteiger partial charge < -0.3 is 9.73 Å². The molecule has 8 nitrogen and oxygen atoms in total. The summed E-state index contributed by atoms with van der Waals surface area (Å²) in [7, 11) is -3.70. The Bertz CT molecular complexity index is 1340.